The highest BCUT2D eigenvalue weighted by Gasteiger charge is 2.26. The second kappa shape index (κ2) is 6.33. The SMILES string of the molecule is CNC(=O)C(C#N)C(=O)c1cccc(-n2cc(Br)cn2)c1. The Labute approximate surface area is 129 Å². The van der Waals surface area contributed by atoms with Crippen molar-refractivity contribution in [3.63, 3.8) is 0 Å². The Morgan fingerprint density at radius 3 is 2.81 bits per heavy atom. The van der Waals surface area contributed by atoms with Gasteiger partial charge >= 0.3 is 0 Å². The average molecular weight is 347 g/mol. The summed E-state index contributed by atoms with van der Waals surface area (Å²) in [6.45, 7) is 0. The lowest BCUT2D eigenvalue weighted by Crippen LogP contribution is -2.32. The number of nitrogens with one attached hydrogen (secondary N) is 1. The Kier molecular flexibility index (Phi) is 4.50. The van der Waals surface area contributed by atoms with Crippen molar-refractivity contribution in [1.82, 2.24) is 15.1 Å². The van der Waals surface area contributed by atoms with E-state index in [1.165, 1.54) is 7.05 Å². The van der Waals surface area contributed by atoms with Crippen molar-refractivity contribution in [3.05, 3.63) is 46.7 Å². The summed E-state index contributed by atoms with van der Waals surface area (Å²) in [6, 6.07) is 8.33. The number of rotatable bonds is 4. The summed E-state index contributed by atoms with van der Waals surface area (Å²) in [6.07, 6.45) is 3.36. The van der Waals surface area contributed by atoms with Gasteiger partial charge in [0.25, 0.3) is 0 Å². The maximum Gasteiger partial charge on any atom is 0.245 e. The Bertz CT molecular complexity index is 733. The van der Waals surface area contributed by atoms with Gasteiger partial charge in [0.1, 0.15) is 0 Å². The van der Waals surface area contributed by atoms with E-state index in [0.717, 1.165) is 4.47 Å². The maximum absolute atomic E-state index is 12.2. The number of carbonyl (C=O) groups is 2. The van der Waals surface area contributed by atoms with Gasteiger partial charge in [-0.15, -0.1) is 0 Å². The molecule has 21 heavy (non-hydrogen) atoms. The first kappa shape index (κ1) is 14.9. The molecule has 2 rings (SSSR count). The van der Waals surface area contributed by atoms with E-state index in [1.807, 2.05) is 0 Å². The third-order valence-electron chi connectivity index (χ3n) is 2.85. The fourth-order valence-electron chi connectivity index (χ4n) is 1.79. The molecule has 7 heteroatoms. The van der Waals surface area contributed by atoms with Crippen LogP contribution in [0.4, 0.5) is 0 Å². The molecule has 2 aromatic rings. The van der Waals surface area contributed by atoms with Crippen LogP contribution in [0.2, 0.25) is 0 Å². The standard InChI is InChI=1S/C14H11BrN4O2/c1-17-14(21)12(6-16)13(20)9-3-2-4-11(5-9)19-8-10(15)7-18-19/h2-5,7-8,12H,1H3,(H,17,21). The number of ketones is 1. The second-order valence-electron chi connectivity index (χ2n) is 4.19. The highest BCUT2D eigenvalue weighted by molar-refractivity contribution is 9.10. The molecule has 1 amide bonds. The van der Waals surface area contributed by atoms with E-state index in [1.54, 1.807) is 47.4 Å². The first-order valence-corrected chi connectivity index (χ1v) is 6.82. The van der Waals surface area contributed by atoms with Gasteiger partial charge < -0.3 is 5.32 Å². The van der Waals surface area contributed by atoms with E-state index in [4.69, 9.17) is 5.26 Å². The van der Waals surface area contributed by atoms with Crippen LogP contribution in [0.15, 0.2) is 41.1 Å². The van der Waals surface area contributed by atoms with Gasteiger partial charge in [-0.05, 0) is 28.1 Å². The number of nitrogens with zero attached hydrogens (tertiary/aromatic N) is 3. The predicted molar refractivity (Wildman–Crippen MR) is 78.8 cm³/mol. The summed E-state index contributed by atoms with van der Waals surface area (Å²) in [5, 5.41) is 15.4. The van der Waals surface area contributed by atoms with E-state index >= 15 is 0 Å². The molecule has 0 saturated carbocycles. The van der Waals surface area contributed by atoms with E-state index < -0.39 is 17.6 Å². The van der Waals surface area contributed by atoms with Crippen molar-refractivity contribution in [3.8, 4) is 11.8 Å². The van der Waals surface area contributed by atoms with Crippen LogP contribution in [0.25, 0.3) is 5.69 Å². The third-order valence-corrected chi connectivity index (χ3v) is 3.26. The smallest absolute Gasteiger partial charge is 0.245 e. The fourth-order valence-corrected chi connectivity index (χ4v) is 2.08. The normalized spacial score (nSPS) is 11.5. The second-order valence-corrected chi connectivity index (χ2v) is 5.11. The minimum atomic E-state index is -1.35. The zero-order chi connectivity index (χ0) is 15.4. The van der Waals surface area contributed by atoms with E-state index in [0.29, 0.717) is 5.69 Å². The van der Waals surface area contributed by atoms with Crippen LogP contribution in [-0.2, 0) is 4.79 Å². The summed E-state index contributed by atoms with van der Waals surface area (Å²) in [4.78, 5) is 23.8. The van der Waals surface area contributed by atoms with E-state index in [-0.39, 0.29) is 5.56 Å². The molecule has 0 aliphatic carbocycles. The van der Waals surface area contributed by atoms with Crippen LogP contribution in [0.1, 0.15) is 10.4 Å². The van der Waals surface area contributed by atoms with Crippen molar-refractivity contribution in [1.29, 1.82) is 5.26 Å². The summed E-state index contributed by atoms with van der Waals surface area (Å²) in [5.74, 6) is -2.51. The molecule has 0 bridgehead atoms. The largest absolute Gasteiger partial charge is 0.358 e. The Balaban J connectivity index is 2.35. The Morgan fingerprint density at radius 2 is 2.24 bits per heavy atom. The molecule has 0 radical (unpaired) electrons. The number of hydrogen-bond donors (Lipinski definition) is 1. The van der Waals surface area contributed by atoms with Crippen molar-refractivity contribution >= 4 is 27.6 Å². The monoisotopic (exact) mass is 346 g/mol. The van der Waals surface area contributed by atoms with Gasteiger partial charge in [0.15, 0.2) is 11.7 Å². The summed E-state index contributed by atoms with van der Waals surface area (Å²) in [5.41, 5.74) is 0.953. The van der Waals surface area contributed by atoms with Gasteiger partial charge in [-0.25, -0.2) is 4.68 Å². The van der Waals surface area contributed by atoms with E-state index in [9.17, 15) is 9.59 Å². The Hall–Kier alpha value is -2.46. The minimum absolute atomic E-state index is 0.286. The van der Waals surface area contributed by atoms with Gasteiger partial charge in [0.05, 0.1) is 22.4 Å². The van der Waals surface area contributed by atoms with Crippen LogP contribution < -0.4 is 5.32 Å². The first-order valence-electron chi connectivity index (χ1n) is 6.03. The molecule has 1 heterocycles. The minimum Gasteiger partial charge on any atom is -0.358 e. The number of nitriles is 1. The maximum atomic E-state index is 12.2. The van der Waals surface area contributed by atoms with Crippen LogP contribution >= 0.6 is 15.9 Å². The lowest BCUT2D eigenvalue weighted by atomic mass is 9.98. The third kappa shape index (κ3) is 3.17. The molecule has 0 fully saturated rings. The highest BCUT2D eigenvalue weighted by Crippen LogP contribution is 2.16. The number of benzene rings is 1. The van der Waals surface area contributed by atoms with Crippen LogP contribution in [0.5, 0.6) is 0 Å². The van der Waals surface area contributed by atoms with Gasteiger partial charge in [0.2, 0.25) is 5.91 Å². The zero-order valence-electron chi connectivity index (χ0n) is 11.1. The molecule has 0 aliphatic rings. The van der Waals surface area contributed by atoms with Crippen LogP contribution in [-0.4, -0.2) is 28.5 Å². The van der Waals surface area contributed by atoms with Crippen LogP contribution in [0.3, 0.4) is 0 Å². The van der Waals surface area contributed by atoms with Crippen molar-refractivity contribution in [2.75, 3.05) is 7.05 Å². The van der Waals surface area contributed by atoms with Crippen molar-refractivity contribution in [2.45, 2.75) is 0 Å². The van der Waals surface area contributed by atoms with E-state index in [2.05, 4.69) is 26.3 Å². The lowest BCUT2D eigenvalue weighted by molar-refractivity contribution is -0.121. The molecule has 1 unspecified atom stereocenters. The number of amides is 1. The van der Waals surface area contributed by atoms with Gasteiger partial charge in [-0.2, -0.15) is 10.4 Å². The summed E-state index contributed by atoms with van der Waals surface area (Å²) >= 11 is 3.29. The summed E-state index contributed by atoms with van der Waals surface area (Å²) < 4.78 is 2.39. The molecule has 1 aromatic carbocycles. The fraction of sp³-hybridized carbons (Fsp3) is 0.143. The number of hydrogen-bond acceptors (Lipinski definition) is 4. The molecule has 0 saturated heterocycles. The van der Waals surface area contributed by atoms with Gasteiger partial charge in [-0.3, -0.25) is 9.59 Å². The number of halogens is 1. The predicted octanol–water partition coefficient (Wildman–Crippen LogP) is 1.70. The molecule has 0 spiro atoms. The zero-order valence-corrected chi connectivity index (χ0v) is 12.7. The Morgan fingerprint density at radius 1 is 1.48 bits per heavy atom. The molecule has 106 valence electrons. The molecule has 1 aromatic heterocycles. The molecule has 1 atom stereocenters. The quantitative estimate of drug-likeness (QED) is 0.674. The van der Waals surface area contributed by atoms with Crippen molar-refractivity contribution < 1.29 is 9.59 Å². The number of Topliss-reactive ketones (excluding diaryl/α,β-unsaturated/α-hetero) is 1. The van der Waals surface area contributed by atoms with Gasteiger partial charge in [0, 0.05) is 18.8 Å². The summed E-state index contributed by atoms with van der Waals surface area (Å²) in [7, 11) is 1.39. The molecular formula is C14H11BrN4O2. The number of carbonyl (C=O) groups excluding carboxylic acids is 2. The highest BCUT2D eigenvalue weighted by atomic mass is 79.9. The van der Waals surface area contributed by atoms with Crippen LogP contribution in [0, 0.1) is 17.2 Å². The molecular weight excluding hydrogens is 336 g/mol. The topological polar surface area (TPSA) is 87.8 Å². The molecule has 6 nitrogen and oxygen atoms in total. The molecule has 0 aliphatic heterocycles. The number of aromatic nitrogens is 2. The lowest BCUT2D eigenvalue weighted by Gasteiger charge is -2.08. The average Bonchev–Trinajstić information content (AvgIpc) is 2.94. The molecule has 1 N–H and O–H groups in total. The van der Waals surface area contributed by atoms with Crippen molar-refractivity contribution in [2.24, 2.45) is 5.92 Å². The first-order chi connectivity index (χ1) is 10.1. The van der Waals surface area contributed by atoms with Gasteiger partial charge in [-0.1, -0.05) is 12.1 Å².